The molecule has 1 fully saturated rings. The van der Waals surface area contributed by atoms with Crippen LogP contribution in [0.5, 0.6) is 0 Å². The Morgan fingerprint density at radius 3 is 2.40 bits per heavy atom. The number of ether oxygens (including phenoxy) is 2. The fourth-order valence-electron chi connectivity index (χ4n) is 6.15. The van der Waals surface area contributed by atoms with Gasteiger partial charge in [0.05, 0.1) is 12.5 Å². The molecule has 2 aliphatic heterocycles. The van der Waals surface area contributed by atoms with Gasteiger partial charge in [-0.1, -0.05) is 55.8 Å². The number of anilines is 1. The molecule has 5 rings (SSSR count). The van der Waals surface area contributed by atoms with Crippen molar-refractivity contribution in [2.24, 2.45) is 17.3 Å². The quantitative estimate of drug-likeness (QED) is 0.588. The fourth-order valence-corrected chi connectivity index (χ4v) is 6.27. The molecule has 0 saturated carbocycles. The third-order valence-electron chi connectivity index (χ3n) is 7.32. The highest BCUT2D eigenvalue weighted by Crippen LogP contribution is 2.65. The van der Waals surface area contributed by atoms with E-state index in [1.807, 2.05) is 47.4 Å². The zero-order valence-corrected chi connectivity index (χ0v) is 21.1. The molecule has 0 radical (unpaired) electrons. The summed E-state index contributed by atoms with van der Waals surface area (Å²) in [6.45, 7) is 7.50. The summed E-state index contributed by atoms with van der Waals surface area (Å²) in [7, 11) is 0. The van der Waals surface area contributed by atoms with Crippen molar-refractivity contribution >= 4 is 29.0 Å². The predicted octanol–water partition coefficient (Wildman–Crippen LogP) is 5.19. The summed E-state index contributed by atoms with van der Waals surface area (Å²) in [5.74, 6) is -4.33. The Balaban J connectivity index is 1.84. The van der Waals surface area contributed by atoms with E-state index >= 15 is 0 Å². The largest absolute Gasteiger partial charge is 0.466 e. The van der Waals surface area contributed by atoms with E-state index in [0.717, 1.165) is 16.9 Å². The Kier molecular flexibility index (Phi) is 5.62. The van der Waals surface area contributed by atoms with Gasteiger partial charge in [0.15, 0.2) is 17.3 Å². The van der Waals surface area contributed by atoms with Crippen LogP contribution in [0.15, 0.2) is 65.9 Å². The van der Waals surface area contributed by atoms with E-state index in [9.17, 15) is 14.7 Å². The molecule has 0 amide bonds. The molecule has 0 bridgehead atoms. The maximum Gasteiger partial charge on any atom is 0.315 e. The molecule has 35 heavy (non-hydrogen) atoms. The molecule has 2 aromatic rings. The second-order valence-corrected chi connectivity index (χ2v) is 11.0. The van der Waals surface area contributed by atoms with E-state index in [2.05, 4.69) is 13.8 Å². The van der Waals surface area contributed by atoms with Crippen molar-refractivity contribution in [2.45, 2.75) is 52.0 Å². The fraction of sp³-hybridized carbons (Fsp3) is 0.429. The Bertz CT molecular complexity index is 1200. The van der Waals surface area contributed by atoms with Crippen LogP contribution < -0.4 is 4.90 Å². The SMILES string of the molecule is CCOC(=O)C1C2C3=C(CC(C)(C)CC3=O)N(c3ccc(Cl)cc3)C2(c2ccccc2)OC1(C)O. The van der Waals surface area contributed by atoms with E-state index in [-0.39, 0.29) is 17.8 Å². The molecular formula is C28H30ClNO5. The normalized spacial score (nSPS) is 31.4. The lowest BCUT2D eigenvalue weighted by molar-refractivity contribution is -0.231. The number of carbonyl (C=O) groups is 2. The number of nitrogens with zero attached hydrogens (tertiary/aromatic N) is 1. The number of fused-ring (bicyclic) bond motifs is 2. The summed E-state index contributed by atoms with van der Waals surface area (Å²) in [6, 6.07) is 16.8. The molecule has 4 unspecified atom stereocenters. The van der Waals surface area contributed by atoms with E-state index < -0.39 is 29.3 Å². The van der Waals surface area contributed by atoms with Gasteiger partial charge in [0.2, 0.25) is 0 Å². The molecule has 1 N–H and O–H groups in total. The van der Waals surface area contributed by atoms with Crippen LogP contribution in [-0.4, -0.2) is 29.3 Å². The van der Waals surface area contributed by atoms with Gasteiger partial charge in [-0.25, -0.2) is 0 Å². The summed E-state index contributed by atoms with van der Waals surface area (Å²) in [5.41, 5.74) is 1.26. The van der Waals surface area contributed by atoms with E-state index in [4.69, 9.17) is 21.1 Å². The first kappa shape index (κ1) is 24.0. The van der Waals surface area contributed by atoms with Gasteiger partial charge in [-0.15, -0.1) is 0 Å². The second-order valence-electron chi connectivity index (χ2n) is 10.5. The third kappa shape index (κ3) is 3.62. The number of esters is 1. The van der Waals surface area contributed by atoms with Crippen molar-refractivity contribution in [3.8, 4) is 0 Å². The first-order valence-corrected chi connectivity index (χ1v) is 12.4. The third-order valence-corrected chi connectivity index (χ3v) is 7.57. The number of ketones is 1. The summed E-state index contributed by atoms with van der Waals surface area (Å²) >= 11 is 6.21. The maximum absolute atomic E-state index is 13.8. The first-order valence-electron chi connectivity index (χ1n) is 12.0. The summed E-state index contributed by atoms with van der Waals surface area (Å²) in [6.07, 6.45) is 0.960. The van der Waals surface area contributed by atoms with Crippen LogP contribution in [0.4, 0.5) is 5.69 Å². The van der Waals surface area contributed by atoms with Gasteiger partial charge >= 0.3 is 5.97 Å². The molecule has 0 aromatic heterocycles. The molecule has 0 spiro atoms. The van der Waals surface area contributed by atoms with Gasteiger partial charge in [0.1, 0.15) is 5.92 Å². The van der Waals surface area contributed by atoms with Crippen LogP contribution in [-0.2, 0) is 24.8 Å². The van der Waals surface area contributed by atoms with Gasteiger partial charge < -0.3 is 19.5 Å². The van der Waals surface area contributed by atoms with Crippen molar-refractivity contribution in [3.63, 3.8) is 0 Å². The summed E-state index contributed by atoms with van der Waals surface area (Å²) < 4.78 is 12.0. The lowest BCUT2D eigenvalue weighted by Crippen LogP contribution is -2.47. The van der Waals surface area contributed by atoms with Crippen molar-refractivity contribution in [2.75, 3.05) is 11.5 Å². The van der Waals surface area contributed by atoms with Crippen molar-refractivity contribution in [1.29, 1.82) is 0 Å². The van der Waals surface area contributed by atoms with Crippen molar-refractivity contribution < 1.29 is 24.2 Å². The van der Waals surface area contributed by atoms with Gasteiger partial charge in [-0.05, 0) is 49.9 Å². The molecule has 1 saturated heterocycles. The first-order chi connectivity index (χ1) is 16.5. The number of aliphatic hydroxyl groups is 1. The molecule has 4 atom stereocenters. The molecular weight excluding hydrogens is 466 g/mol. The van der Waals surface area contributed by atoms with Crippen LogP contribution in [0.1, 0.15) is 46.1 Å². The second kappa shape index (κ2) is 8.19. The summed E-state index contributed by atoms with van der Waals surface area (Å²) in [4.78, 5) is 29.1. The zero-order chi connectivity index (χ0) is 25.2. The van der Waals surface area contributed by atoms with Crippen LogP contribution in [0, 0.1) is 17.3 Å². The molecule has 3 aliphatic rings. The number of hydrogen-bond acceptors (Lipinski definition) is 6. The van der Waals surface area contributed by atoms with Crippen molar-refractivity contribution in [3.05, 3.63) is 76.5 Å². The van der Waals surface area contributed by atoms with Crippen LogP contribution in [0.3, 0.4) is 0 Å². The van der Waals surface area contributed by atoms with Gasteiger partial charge in [-0.2, -0.15) is 0 Å². The minimum absolute atomic E-state index is 0.0337. The van der Waals surface area contributed by atoms with Crippen LogP contribution >= 0.6 is 11.6 Å². The average molecular weight is 496 g/mol. The Morgan fingerprint density at radius 1 is 1.11 bits per heavy atom. The molecule has 2 heterocycles. The van der Waals surface area contributed by atoms with Gasteiger partial charge in [0.25, 0.3) is 0 Å². The molecule has 184 valence electrons. The van der Waals surface area contributed by atoms with E-state index in [1.54, 1.807) is 19.1 Å². The highest BCUT2D eigenvalue weighted by atomic mass is 35.5. The zero-order valence-electron chi connectivity index (χ0n) is 20.4. The summed E-state index contributed by atoms with van der Waals surface area (Å²) in [5, 5.41) is 12.1. The predicted molar refractivity (Wildman–Crippen MR) is 132 cm³/mol. The lowest BCUT2D eigenvalue weighted by Gasteiger charge is -2.43. The minimum atomic E-state index is -1.87. The topological polar surface area (TPSA) is 76.1 Å². The minimum Gasteiger partial charge on any atom is -0.466 e. The number of halogens is 1. The monoisotopic (exact) mass is 495 g/mol. The molecule has 6 nitrogen and oxygen atoms in total. The Hall–Kier alpha value is -2.67. The highest BCUT2D eigenvalue weighted by molar-refractivity contribution is 6.30. The number of rotatable bonds is 4. The smallest absolute Gasteiger partial charge is 0.315 e. The van der Waals surface area contributed by atoms with Gasteiger partial charge in [0, 0.05) is 34.0 Å². The standard InChI is InChI=1S/C28H30ClNO5/c1-5-34-25(32)24-23-22-20(15-26(2,3)16-21(22)31)30(19-13-11-18(29)12-14-19)28(23,35-27(24,4)33)17-9-7-6-8-10-17/h6-14,23-24,33H,5,15-16H2,1-4H3. The molecule has 2 aromatic carbocycles. The Morgan fingerprint density at radius 2 is 1.77 bits per heavy atom. The maximum atomic E-state index is 13.8. The van der Waals surface area contributed by atoms with Crippen LogP contribution in [0.25, 0.3) is 0 Å². The van der Waals surface area contributed by atoms with Gasteiger partial charge in [-0.3, -0.25) is 9.59 Å². The molecule has 1 aliphatic carbocycles. The lowest BCUT2D eigenvalue weighted by atomic mass is 9.70. The number of benzene rings is 2. The highest BCUT2D eigenvalue weighted by Gasteiger charge is 2.72. The van der Waals surface area contributed by atoms with Crippen LogP contribution in [0.2, 0.25) is 5.02 Å². The van der Waals surface area contributed by atoms with E-state index in [1.165, 1.54) is 6.92 Å². The number of hydrogen-bond donors (Lipinski definition) is 1. The average Bonchev–Trinajstić information content (AvgIpc) is 3.18. The van der Waals surface area contributed by atoms with E-state index in [0.29, 0.717) is 23.4 Å². The van der Waals surface area contributed by atoms with Crippen molar-refractivity contribution in [1.82, 2.24) is 0 Å². The number of allylic oxidation sites excluding steroid dienone is 1. The Labute approximate surface area is 210 Å². The molecule has 7 heteroatoms. The number of Topliss-reactive ketones (excluding diaryl/α,β-unsaturated/α-hetero) is 1. The number of carbonyl (C=O) groups excluding carboxylic acids is 2.